The van der Waals surface area contributed by atoms with Crippen LogP contribution in [0.15, 0.2) is 64.5 Å². The summed E-state index contributed by atoms with van der Waals surface area (Å²) < 4.78 is 5.17. The minimum Gasteiger partial charge on any atom is -0.482 e. The van der Waals surface area contributed by atoms with Gasteiger partial charge in [-0.3, -0.25) is 9.69 Å². The summed E-state index contributed by atoms with van der Waals surface area (Å²) in [7, 11) is 0. The third-order valence-electron chi connectivity index (χ3n) is 5.30. The Morgan fingerprint density at radius 2 is 1.81 bits per heavy atom. The van der Waals surface area contributed by atoms with Crippen LogP contribution < -0.4 is 4.74 Å². The zero-order chi connectivity index (χ0) is 21.6. The van der Waals surface area contributed by atoms with E-state index in [0.717, 1.165) is 42.1 Å². The molecule has 1 heterocycles. The SMILES string of the molecule is O=C(O)COc1ccc(/C=C2/SC(=Nc3ccccc3)N(C3CCCCC3)C2=O)cc1. The second-order valence-corrected chi connectivity index (χ2v) is 8.57. The first-order chi connectivity index (χ1) is 15.1. The van der Waals surface area contributed by atoms with Gasteiger partial charge in [0, 0.05) is 6.04 Å². The van der Waals surface area contributed by atoms with Gasteiger partial charge in [-0.2, -0.15) is 0 Å². The molecule has 0 unspecified atom stereocenters. The van der Waals surface area contributed by atoms with Gasteiger partial charge >= 0.3 is 5.97 Å². The highest BCUT2D eigenvalue weighted by atomic mass is 32.2. The first-order valence-electron chi connectivity index (χ1n) is 10.4. The van der Waals surface area contributed by atoms with Crippen LogP contribution in [0.5, 0.6) is 5.75 Å². The number of carbonyl (C=O) groups is 2. The van der Waals surface area contributed by atoms with Crippen molar-refractivity contribution >= 4 is 40.6 Å². The van der Waals surface area contributed by atoms with Gasteiger partial charge in [0.25, 0.3) is 5.91 Å². The van der Waals surface area contributed by atoms with Crippen molar-refractivity contribution in [2.24, 2.45) is 4.99 Å². The molecule has 1 saturated heterocycles. The molecule has 2 aromatic carbocycles. The van der Waals surface area contributed by atoms with Crippen LogP contribution >= 0.6 is 11.8 Å². The highest BCUT2D eigenvalue weighted by Gasteiger charge is 2.38. The Hall–Kier alpha value is -3.06. The van der Waals surface area contributed by atoms with Crippen molar-refractivity contribution in [1.29, 1.82) is 0 Å². The third-order valence-corrected chi connectivity index (χ3v) is 6.28. The van der Waals surface area contributed by atoms with Gasteiger partial charge in [-0.15, -0.1) is 0 Å². The summed E-state index contributed by atoms with van der Waals surface area (Å²) in [5.41, 5.74) is 1.68. The van der Waals surface area contributed by atoms with Crippen LogP contribution in [-0.4, -0.2) is 39.7 Å². The fraction of sp³-hybridized carbons (Fsp3) is 0.292. The number of amidine groups is 1. The quantitative estimate of drug-likeness (QED) is 0.639. The molecule has 0 radical (unpaired) electrons. The normalized spacial score (nSPS) is 19.9. The summed E-state index contributed by atoms with van der Waals surface area (Å²) in [6.45, 7) is -0.384. The maximum absolute atomic E-state index is 13.3. The van der Waals surface area contributed by atoms with Crippen molar-refractivity contribution in [3.8, 4) is 5.75 Å². The van der Waals surface area contributed by atoms with Crippen molar-refractivity contribution in [2.45, 2.75) is 38.1 Å². The van der Waals surface area contributed by atoms with Gasteiger partial charge in [-0.25, -0.2) is 9.79 Å². The van der Waals surface area contributed by atoms with Crippen LogP contribution in [0.4, 0.5) is 5.69 Å². The summed E-state index contributed by atoms with van der Waals surface area (Å²) in [4.78, 5) is 31.3. The number of aliphatic imine (C=N–C) groups is 1. The van der Waals surface area contributed by atoms with E-state index in [1.165, 1.54) is 18.2 Å². The molecule has 7 heteroatoms. The number of thioether (sulfide) groups is 1. The number of nitrogens with zero attached hydrogens (tertiary/aromatic N) is 2. The van der Waals surface area contributed by atoms with Gasteiger partial charge in [0.2, 0.25) is 0 Å². The predicted molar refractivity (Wildman–Crippen MR) is 122 cm³/mol. The molecule has 4 rings (SSSR count). The standard InChI is InChI=1S/C24H24N2O4S/c27-22(28)16-30-20-13-11-17(12-14-20)15-21-23(29)26(19-9-5-2-6-10-19)24(31-21)25-18-7-3-1-4-8-18/h1,3-4,7-8,11-15,19H,2,5-6,9-10,16H2,(H,27,28)/b21-15+,25-24?. The van der Waals surface area contributed by atoms with E-state index in [0.29, 0.717) is 10.7 Å². The first-order valence-corrected chi connectivity index (χ1v) is 11.2. The second kappa shape index (κ2) is 9.83. The van der Waals surface area contributed by atoms with Crippen molar-refractivity contribution in [3.05, 3.63) is 65.1 Å². The van der Waals surface area contributed by atoms with Crippen molar-refractivity contribution in [1.82, 2.24) is 4.90 Å². The molecular formula is C24H24N2O4S. The number of hydrogen-bond donors (Lipinski definition) is 1. The molecule has 1 saturated carbocycles. The maximum atomic E-state index is 13.3. The average molecular weight is 437 g/mol. The number of benzene rings is 2. The molecule has 2 fully saturated rings. The molecule has 0 spiro atoms. The van der Waals surface area contributed by atoms with E-state index < -0.39 is 5.97 Å². The topological polar surface area (TPSA) is 79.2 Å². The smallest absolute Gasteiger partial charge is 0.341 e. The number of carbonyl (C=O) groups excluding carboxylic acids is 1. The lowest BCUT2D eigenvalue weighted by molar-refractivity contribution is -0.139. The summed E-state index contributed by atoms with van der Waals surface area (Å²) in [5, 5.41) is 9.45. The Morgan fingerprint density at radius 1 is 1.10 bits per heavy atom. The first kappa shape index (κ1) is 21.2. The van der Waals surface area contributed by atoms with E-state index in [4.69, 9.17) is 14.8 Å². The van der Waals surface area contributed by atoms with Gasteiger partial charge in [0.1, 0.15) is 5.75 Å². The van der Waals surface area contributed by atoms with Crippen molar-refractivity contribution in [3.63, 3.8) is 0 Å². The Kier molecular flexibility index (Phi) is 6.72. The lowest BCUT2D eigenvalue weighted by Crippen LogP contribution is -2.40. The van der Waals surface area contributed by atoms with Crippen molar-refractivity contribution < 1.29 is 19.4 Å². The van der Waals surface area contributed by atoms with Gasteiger partial charge in [0.05, 0.1) is 10.6 Å². The molecule has 0 aromatic heterocycles. The average Bonchev–Trinajstić information content (AvgIpc) is 3.09. The fourth-order valence-electron chi connectivity index (χ4n) is 3.80. The van der Waals surface area contributed by atoms with Crippen LogP contribution in [0.1, 0.15) is 37.7 Å². The van der Waals surface area contributed by atoms with Crippen molar-refractivity contribution in [2.75, 3.05) is 6.61 Å². The number of rotatable bonds is 6. The highest BCUT2D eigenvalue weighted by molar-refractivity contribution is 8.18. The second-order valence-electron chi connectivity index (χ2n) is 7.56. The molecule has 1 N–H and O–H groups in total. The predicted octanol–water partition coefficient (Wildman–Crippen LogP) is 5.09. The number of para-hydroxylation sites is 1. The minimum atomic E-state index is -1.02. The van der Waals surface area contributed by atoms with E-state index in [1.54, 1.807) is 12.1 Å². The van der Waals surface area contributed by atoms with Crippen LogP contribution in [-0.2, 0) is 9.59 Å². The number of amides is 1. The van der Waals surface area contributed by atoms with E-state index in [9.17, 15) is 9.59 Å². The number of hydrogen-bond acceptors (Lipinski definition) is 5. The van der Waals surface area contributed by atoms with Gasteiger partial charge in [-0.05, 0) is 60.5 Å². The molecule has 2 aliphatic rings. The minimum absolute atomic E-state index is 0.00205. The molecular weight excluding hydrogens is 412 g/mol. The molecule has 0 bridgehead atoms. The lowest BCUT2D eigenvalue weighted by atomic mass is 9.94. The maximum Gasteiger partial charge on any atom is 0.341 e. The van der Waals surface area contributed by atoms with Crippen LogP contribution in [0.25, 0.3) is 6.08 Å². The van der Waals surface area contributed by atoms with Crippen LogP contribution in [0, 0.1) is 0 Å². The molecule has 2 aromatic rings. The Balaban J connectivity index is 1.58. The molecule has 1 aliphatic carbocycles. The van der Waals surface area contributed by atoms with Gasteiger partial charge in [0.15, 0.2) is 11.8 Å². The molecule has 1 amide bonds. The van der Waals surface area contributed by atoms with Crippen LogP contribution in [0.2, 0.25) is 0 Å². The fourth-order valence-corrected chi connectivity index (χ4v) is 4.85. The summed E-state index contributed by atoms with van der Waals surface area (Å²) >= 11 is 1.41. The molecule has 0 atom stereocenters. The molecule has 160 valence electrons. The lowest BCUT2D eigenvalue weighted by Gasteiger charge is -2.30. The van der Waals surface area contributed by atoms with Crippen LogP contribution in [0.3, 0.4) is 0 Å². The largest absolute Gasteiger partial charge is 0.482 e. The summed E-state index contributed by atoms with van der Waals surface area (Å²) in [6.07, 6.45) is 7.35. The zero-order valence-electron chi connectivity index (χ0n) is 17.1. The summed E-state index contributed by atoms with van der Waals surface area (Å²) in [6, 6.07) is 16.9. The van der Waals surface area contributed by atoms with E-state index in [-0.39, 0.29) is 18.6 Å². The van der Waals surface area contributed by atoms with E-state index >= 15 is 0 Å². The highest BCUT2D eigenvalue weighted by Crippen LogP contribution is 2.38. The third kappa shape index (κ3) is 5.35. The van der Waals surface area contributed by atoms with Gasteiger partial charge in [-0.1, -0.05) is 49.6 Å². The molecule has 6 nitrogen and oxygen atoms in total. The Morgan fingerprint density at radius 3 is 2.48 bits per heavy atom. The van der Waals surface area contributed by atoms with E-state index in [1.807, 2.05) is 53.4 Å². The Labute approximate surface area is 185 Å². The molecule has 31 heavy (non-hydrogen) atoms. The Bertz CT molecular complexity index is 996. The monoisotopic (exact) mass is 436 g/mol. The van der Waals surface area contributed by atoms with E-state index in [2.05, 4.69) is 0 Å². The number of ether oxygens (including phenoxy) is 1. The number of aliphatic carboxylic acids is 1. The van der Waals surface area contributed by atoms with Gasteiger partial charge < -0.3 is 9.84 Å². The summed E-state index contributed by atoms with van der Waals surface area (Å²) in [5.74, 6) is -0.546. The molecule has 1 aliphatic heterocycles. The number of carboxylic acids is 1. The zero-order valence-corrected chi connectivity index (χ0v) is 17.9. The number of carboxylic acid groups (broad SMARTS) is 1.